The number of ether oxygens (including phenoxy) is 1. The molecule has 0 bridgehead atoms. The predicted molar refractivity (Wildman–Crippen MR) is 102 cm³/mol. The Balaban J connectivity index is 1.52. The van der Waals surface area contributed by atoms with Gasteiger partial charge in [0, 0.05) is 12.1 Å². The summed E-state index contributed by atoms with van der Waals surface area (Å²) in [6, 6.07) is 22.9. The van der Waals surface area contributed by atoms with Gasteiger partial charge in [0.2, 0.25) is 0 Å². The van der Waals surface area contributed by atoms with Crippen molar-refractivity contribution in [2.24, 2.45) is 0 Å². The molecule has 4 aromatic rings. The molecule has 0 aliphatic heterocycles. The normalized spacial score (nSPS) is 10.9. The summed E-state index contributed by atoms with van der Waals surface area (Å²) in [7, 11) is 0. The van der Waals surface area contributed by atoms with Gasteiger partial charge in [-0.2, -0.15) is 0 Å². The molecule has 0 aliphatic carbocycles. The first-order valence-corrected chi connectivity index (χ1v) is 8.55. The van der Waals surface area contributed by atoms with Gasteiger partial charge in [0.15, 0.2) is 0 Å². The van der Waals surface area contributed by atoms with Crippen LogP contribution in [0.3, 0.4) is 0 Å². The minimum Gasteiger partial charge on any atom is -0.489 e. The second-order valence-electron chi connectivity index (χ2n) is 6.02. The predicted octanol–water partition coefficient (Wildman–Crippen LogP) is 5.30. The average molecular weight is 328 g/mol. The Morgan fingerprint density at radius 2 is 1.72 bits per heavy atom. The zero-order valence-corrected chi connectivity index (χ0v) is 14.2. The zero-order valence-electron chi connectivity index (χ0n) is 14.2. The van der Waals surface area contributed by atoms with E-state index >= 15 is 0 Å². The van der Waals surface area contributed by atoms with Crippen molar-refractivity contribution in [2.45, 2.75) is 20.1 Å². The fraction of sp³-hybridized carbons (Fsp3) is 0.136. The van der Waals surface area contributed by atoms with Crippen molar-refractivity contribution < 1.29 is 4.74 Å². The highest BCUT2D eigenvalue weighted by Gasteiger charge is 2.05. The molecule has 1 heterocycles. The van der Waals surface area contributed by atoms with E-state index in [4.69, 9.17) is 4.74 Å². The van der Waals surface area contributed by atoms with Crippen LogP contribution in [0.15, 0.2) is 79.3 Å². The largest absolute Gasteiger partial charge is 0.489 e. The molecular formula is C22H20N2O. The number of nitrogens with zero attached hydrogens (tertiary/aromatic N) is 2. The van der Waals surface area contributed by atoms with Crippen LogP contribution >= 0.6 is 0 Å². The van der Waals surface area contributed by atoms with Gasteiger partial charge in [-0.15, -0.1) is 0 Å². The Bertz CT molecular complexity index is 981. The van der Waals surface area contributed by atoms with Crippen LogP contribution in [-0.4, -0.2) is 9.55 Å². The first-order valence-electron chi connectivity index (χ1n) is 8.55. The molecule has 3 nitrogen and oxygen atoms in total. The van der Waals surface area contributed by atoms with Crippen LogP contribution in [0.2, 0.25) is 0 Å². The maximum absolute atomic E-state index is 6.01. The molecule has 0 saturated heterocycles. The van der Waals surface area contributed by atoms with Crippen molar-refractivity contribution in [1.82, 2.24) is 9.55 Å². The Morgan fingerprint density at radius 3 is 2.56 bits per heavy atom. The third-order valence-corrected chi connectivity index (χ3v) is 4.48. The van der Waals surface area contributed by atoms with Gasteiger partial charge in [-0.25, -0.2) is 4.98 Å². The number of rotatable bonds is 5. The highest BCUT2D eigenvalue weighted by molar-refractivity contribution is 5.85. The van der Waals surface area contributed by atoms with Gasteiger partial charge in [0.25, 0.3) is 0 Å². The zero-order chi connectivity index (χ0) is 17.1. The molecule has 0 spiro atoms. The van der Waals surface area contributed by atoms with E-state index in [2.05, 4.69) is 71.1 Å². The molecule has 3 heteroatoms. The quantitative estimate of drug-likeness (QED) is 0.497. The lowest BCUT2D eigenvalue weighted by molar-refractivity contribution is 0.308. The first kappa shape index (κ1) is 15.5. The molecule has 3 aromatic carbocycles. The van der Waals surface area contributed by atoms with Crippen LogP contribution in [0.4, 0.5) is 0 Å². The summed E-state index contributed by atoms with van der Waals surface area (Å²) < 4.78 is 8.14. The van der Waals surface area contributed by atoms with Crippen molar-refractivity contribution in [3.8, 4) is 17.0 Å². The fourth-order valence-electron chi connectivity index (χ4n) is 3.11. The first-order chi connectivity index (χ1) is 12.3. The molecule has 0 fully saturated rings. The molecular weight excluding hydrogens is 308 g/mol. The highest BCUT2D eigenvalue weighted by atomic mass is 16.5. The Kier molecular flexibility index (Phi) is 4.21. The number of hydrogen-bond acceptors (Lipinski definition) is 2. The fourth-order valence-corrected chi connectivity index (χ4v) is 3.11. The van der Waals surface area contributed by atoms with Crippen molar-refractivity contribution in [1.29, 1.82) is 0 Å². The third-order valence-electron chi connectivity index (χ3n) is 4.48. The lowest BCUT2D eigenvalue weighted by atomic mass is 10.1. The van der Waals surface area contributed by atoms with E-state index < -0.39 is 0 Å². The molecule has 0 unspecified atom stereocenters. The van der Waals surface area contributed by atoms with Crippen molar-refractivity contribution in [2.75, 3.05) is 0 Å². The second-order valence-corrected chi connectivity index (χ2v) is 6.02. The van der Waals surface area contributed by atoms with E-state index in [1.165, 1.54) is 16.3 Å². The number of hydrogen-bond donors (Lipinski definition) is 0. The molecule has 0 N–H and O–H groups in total. The minimum absolute atomic E-state index is 0.563. The molecule has 0 atom stereocenters. The summed E-state index contributed by atoms with van der Waals surface area (Å²) in [5, 5.41) is 2.49. The third kappa shape index (κ3) is 3.13. The van der Waals surface area contributed by atoms with Crippen molar-refractivity contribution in [3.63, 3.8) is 0 Å². The van der Waals surface area contributed by atoms with E-state index in [0.29, 0.717) is 6.61 Å². The Hall–Kier alpha value is -3.07. The van der Waals surface area contributed by atoms with Crippen LogP contribution in [-0.2, 0) is 13.2 Å². The van der Waals surface area contributed by atoms with E-state index in [1.54, 1.807) is 0 Å². The van der Waals surface area contributed by atoms with E-state index in [-0.39, 0.29) is 0 Å². The van der Waals surface area contributed by atoms with Crippen LogP contribution in [0.1, 0.15) is 12.5 Å². The maximum Gasteiger partial charge on any atom is 0.119 e. The number of benzene rings is 3. The summed E-state index contributed by atoms with van der Waals surface area (Å²) in [6.45, 7) is 3.59. The van der Waals surface area contributed by atoms with Gasteiger partial charge in [-0.3, -0.25) is 0 Å². The second kappa shape index (κ2) is 6.81. The molecule has 4 rings (SSSR count). The summed E-state index contributed by atoms with van der Waals surface area (Å²) >= 11 is 0. The standard InChI is InChI=1S/C22H20N2O/c1-2-24-16-23-14-22(24)18-10-12-20(13-11-18)25-15-19-8-5-7-17-6-3-4-9-21(17)19/h3-14,16H,2,15H2,1H3. The number of imidazole rings is 1. The van der Waals surface area contributed by atoms with Gasteiger partial charge in [-0.1, -0.05) is 42.5 Å². The monoisotopic (exact) mass is 328 g/mol. The van der Waals surface area contributed by atoms with Crippen molar-refractivity contribution in [3.05, 3.63) is 84.8 Å². The molecule has 25 heavy (non-hydrogen) atoms. The molecule has 1 aromatic heterocycles. The van der Waals surface area contributed by atoms with Gasteiger partial charge >= 0.3 is 0 Å². The van der Waals surface area contributed by atoms with Gasteiger partial charge < -0.3 is 9.30 Å². The molecule has 0 saturated carbocycles. The van der Waals surface area contributed by atoms with Crippen LogP contribution in [0.25, 0.3) is 22.0 Å². The average Bonchev–Trinajstić information content (AvgIpc) is 3.15. The number of aromatic nitrogens is 2. The molecule has 0 radical (unpaired) electrons. The van der Waals surface area contributed by atoms with Gasteiger partial charge in [0.1, 0.15) is 12.4 Å². The van der Waals surface area contributed by atoms with Crippen molar-refractivity contribution >= 4 is 10.8 Å². The lowest BCUT2D eigenvalue weighted by Crippen LogP contribution is -1.97. The molecule has 0 amide bonds. The molecule has 124 valence electrons. The van der Waals surface area contributed by atoms with E-state index in [1.807, 2.05) is 24.7 Å². The van der Waals surface area contributed by atoms with Crippen LogP contribution in [0.5, 0.6) is 5.75 Å². The topological polar surface area (TPSA) is 27.1 Å². The Morgan fingerprint density at radius 1 is 0.920 bits per heavy atom. The minimum atomic E-state index is 0.563. The SMILES string of the molecule is CCn1cncc1-c1ccc(OCc2cccc3ccccc23)cc1. The summed E-state index contributed by atoms with van der Waals surface area (Å²) in [5.41, 5.74) is 3.48. The number of aryl methyl sites for hydroxylation is 1. The van der Waals surface area contributed by atoms with Crippen LogP contribution in [0, 0.1) is 0 Å². The van der Waals surface area contributed by atoms with Gasteiger partial charge in [-0.05, 0) is 47.5 Å². The summed E-state index contributed by atoms with van der Waals surface area (Å²) in [5.74, 6) is 0.874. The van der Waals surface area contributed by atoms with E-state index in [9.17, 15) is 0 Å². The summed E-state index contributed by atoms with van der Waals surface area (Å²) in [4.78, 5) is 4.23. The summed E-state index contributed by atoms with van der Waals surface area (Å²) in [6.07, 6.45) is 3.76. The molecule has 0 aliphatic rings. The lowest BCUT2D eigenvalue weighted by Gasteiger charge is -2.10. The highest BCUT2D eigenvalue weighted by Crippen LogP contribution is 2.24. The van der Waals surface area contributed by atoms with Gasteiger partial charge in [0.05, 0.1) is 18.2 Å². The Labute approximate surface area is 147 Å². The smallest absolute Gasteiger partial charge is 0.119 e. The van der Waals surface area contributed by atoms with E-state index in [0.717, 1.165) is 23.6 Å². The maximum atomic E-state index is 6.01. The number of fused-ring (bicyclic) bond motifs is 1. The van der Waals surface area contributed by atoms with Crippen LogP contribution < -0.4 is 4.74 Å².